The Morgan fingerprint density at radius 3 is 2.71 bits per heavy atom. The normalized spacial score (nSPS) is 38.0. The largest absolute Gasteiger partial charge is 0.472 e. The number of furan rings is 1. The molecule has 2 aliphatic carbocycles. The summed E-state index contributed by atoms with van der Waals surface area (Å²) >= 11 is 0. The number of rotatable bonds is 1. The SMILES string of the molecule is CC1=CC(=O)[C@@H]2C(C)(C)CCC[C@]23C(=O)O[C@@H](c2ccoc2)C[C@@H]13. The zero-order chi connectivity index (χ0) is 17.1. The van der Waals surface area contributed by atoms with Crippen LogP contribution in [0.25, 0.3) is 0 Å². The summed E-state index contributed by atoms with van der Waals surface area (Å²) in [5.74, 6) is -0.290. The average molecular weight is 328 g/mol. The molecule has 0 bridgehead atoms. The fourth-order valence-electron chi connectivity index (χ4n) is 5.57. The molecule has 2 fully saturated rings. The lowest BCUT2D eigenvalue weighted by Gasteiger charge is -2.57. The molecule has 4 atom stereocenters. The highest BCUT2D eigenvalue weighted by Crippen LogP contribution is 2.63. The molecule has 1 saturated heterocycles. The van der Waals surface area contributed by atoms with Crippen molar-refractivity contribution >= 4 is 11.8 Å². The van der Waals surface area contributed by atoms with E-state index in [4.69, 9.17) is 9.15 Å². The predicted molar refractivity (Wildman–Crippen MR) is 88.0 cm³/mol. The highest BCUT2D eigenvalue weighted by Gasteiger charge is 2.65. The maximum Gasteiger partial charge on any atom is 0.314 e. The van der Waals surface area contributed by atoms with E-state index in [-0.39, 0.29) is 35.1 Å². The molecule has 1 saturated carbocycles. The first-order valence-electron chi connectivity index (χ1n) is 8.81. The number of ketones is 1. The number of hydrogen-bond donors (Lipinski definition) is 0. The van der Waals surface area contributed by atoms with Crippen LogP contribution >= 0.6 is 0 Å². The Hall–Kier alpha value is -1.84. The molecule has 2 heterocycles. The third-order valence-corrected chi connectivity index (χ3v) is 6.53. The van der Waals surface area contributed by atoms with Gasteiger partial charge < -0.3 is 9.15 Å². The summed E-state index contributed by atoms with van der Waals surface area (Å²) in [4.78, 5) is 26.1. The summed E-state index contributed by atoms with van der Waals surface area (Å²) in [5, 5.41) is 0. The molecule has 1 aliphatic heterocycles. The first kappa shape index (κ1) is 15.7. The zero-order valence-electron chi connectivity index (χ0n) is 14.5. The van der Waals surface area contributed by atoms with Crippen LogP contribution in [-0.4, -0.2) is 11.8 Å². The molecule has 1 spiro atoms. The van der Waals surface area contributed by atoms with E-state index < -0.39 is 5.41 Å². The minimum absolute atomic E-state index is 0.0703. The van der Waals surface area contributed by atoms with Crippen LogP contribution in [0.4, 0.5) is 0 Å². The Morgan fingerprint density at radius 1 is 1.21 bits per heavy atom. The van der Waals surface area contributed by atoms with E-state index in [0.717, 1.165) is 36.8 Å². The number of esters is 1. The Bertz CT molecular complexity index is 712. The van der Waals surface area contributed by atoms with Crippen LogP contribution in [0.5, 0.6) is 0 Å². The molecule has 1 aromatic heterocycles. The molecule has 4 rings (SSSR count). The van der Waals surface area contributed by atoms with Gasteiger partial charge in [-0.2, -0.15) is 0 Å². The summed E-state index contributed by atoms with van der Waals surface area (Å²) in [6.45, 7) is 6.24. The highest BCUT2D eigenvalue weighted by atomic mass is 16.5. The van der Waals surface area contributed by atoms with Gasteiger partial charge in [0, 0.05) is 17.4 Å². The third kappa shape index (κ3) is 1.98. The van der Waals surface area contributed by atoms with Gasteiger partial charge in [-0.25, -0.2) is 0 Å². The van der Waals surface area contributed by atoms with Crippen molar-refractivity contribution in [3.05, 3.63) is 35.8 Å². The molecule has 0 N–H and O–H groups in total. The lowest BCUT2D eigenvalue weighted by molar-refractivity contribution is -0.196. The van der Waals surface area contributed by atoms with Crippen LogP contribution < -0.4 is 0 Å². The minimum Gasteiger partial charge on any atom is -0.472 e. The molecule has 128 valence electrons. The Kier molecular flexibility index (Phi) is 3.32. The number of carbonyl (C=O) groups is 2. The fraction of sp³-hybridized carbons (Fsp3) is 0.600. The molecule has 4 heteroatoms. The molecule has 1 aromatic rings. The third-order valence-electron chi connectivity index (χ3n) is 6.53. The Morgan fingerprint density at radius 2 is 2.00 bits per heavy atom. The molecule has 4 nitrogen and oxygen atoms in total. The highest BCUT2D eigenvalue weighted by molar-refractivity contribution is 6.00. The standard InChI is InChI=1S/C20H24O4/c1-12-9-15(21)17-19(2,3)6-4-7-20(17)14(12)10-16(24-18(20)22)13-5-8-23-11-13/h5,8-9,11,14,16-17H,4,6-7,10H2,1-3H3/t14-,16+,17+,20+/m0/s1. The van der Waals surface area contributed by atoms with E-state index in [1.807, 2.05) is 13.0 Å². The fourth-order valence-corrected chi connectivity index (χ4v) is 5.57. The molecule has 0 unspecified atom stereocenters. The summed E-state index contributed by atoms with van der Waals surface area (Å²) < 4.78 is 11.0. The van der Waals surface area contributed by atoms with Crippen LogP contribution in [0.15, 0.2) is 34.7 Å². The van der Waals surface area contributed by atoms with Gasteiger partial charge in [0.2, 0.25) is 0 Å². The second-order valence-corrected chi connectivity index (χ2v) is 8.35. The Labute approximate surface area is 142 Å². The van der Waals surface area contributed by atoms with Crippen molar-refractivity contribution in [1.82, 2.24) is 0 Å². The van der Waals surface area contributed by atoms with Gasteiger partial charge in [-0.05, 0) is 43.7 Å². The van der Waals surface area contributed by atoms with Crippen molar-refractivity contribution in [3.8, 4) is 0 Å². The monoisotopic (exact) mass is 328 g/mol. The van der Waals surface area contributed by atoms with E-state index in [2.05, 4.69) is 13.8 Å². The molecule has 24 heavy (non-hydrogen) atoms. The average Bonchev–Trinajstić information content (AvgIpc) is 3.02. The summed E-state index contributed by atoms with van der Waals surface area (Å²) in [6.07, 6.45) is 8.17. The van der Waals surface area contributed by atoms with Gasteiger partial charge in [0.15, 0.2) is 5.78 Å². The van der Waals surface area contributed by atoms with Crippen molar-refractivity contribution in [3.63, 3.8) is 0 Å². The van der Waals surface area contributed by atoms with Crippen molar-refractivity contribution in [2.45, 2.75) is 52.6 Å². The number of allylic oxidation sites excluding steroid dienone is 2. The molecule has 0 aromatic carbocycles. The number of cyclic esters (lactones) is 1. The zero-order valence-corrected chi connectivity index (χ0v) is 14.5. The molecule has 0 radical (unpaired) electrons. The van der Waals surface area contributed by atoms with Gasteiger partial charge in [-0.15, -0.1) is 0 Å². The number of hydrogen-bond acceptors (Lipinski definition) is 4. The van der Waals surface area contributed by atoms with Crippen molar-refractivity contribution in [1.29, 1.82) is 0 Å². The maximum absolute atomic E-state index is 13.2. The van der Waals surface area contributed by atoms with Crippen molar-refractivity contribution in [2.24, 2.45) is 22.7 Å². The minimum atomic E-state index is -0.683. The van der Waals surface area contributed by atoms with Gasteiger partial charge in [-0.3, -0.25) is 9.59 Å². The van der Waals surface area contributed by atoms with E-state index in [1.165, 1.54) is 0 Å². The lowest BCUT2D eigenvalue weighted by atomic mass is 9.46. The first-order valence-corrected chi connectivity index (χ1v) is 8.81. The van der Waals surface area contributed by atoms with Crippen LogP contribution in [0, 0.1) is 22.7 Å². The van der Waals surface area contributed by atoms with Crippen molar-refractivity contribution in [2.75, 3.05) is 0 Å². The topological polar surface area (TPSA) is 56.5 Å². The molecular formula is C20H24O4. The first-order chi connectivity index (χ1) is 11.4. The van der Waals surface area contributed by atoms with Crippen LogP contribution in [0.3, 0.4) is 0 Å². The summed E-state index contributed by atoms with van der Waals surface area (Å²) in [6, 6.07) is 1.85. The Balaban J connectivity index is 1.81. The smallest absolute Gasteiger partial charge is 0.314 e. The second kappa shape index (κ2) is 5.08. The van der Waals surface area contributed by atoms with E-state index >= 15 is 0 Å². The lowest BCUT2D eigenvalue weighted by Crippen LogP contribution is -2.60. The molecular weight excluding hydrogens is 304 g/mol. The van der Waals surface area contributed by atoms with Crippen LogP contribution in [-0.2, 0) is 14.3 Å². The number of ether oxygens (including phenoxy) is 1. The second-order valence-electron chi connectivity index (χ2n) is 8.35. The quantitative estimate of drug-likeness (QED) is 0.724. The van der Waals surface area contributed by atoms with Gasteiger partial charge in [0.1, 0.15) is 6.10 Å². The number of carbonyl (C=O) groups excluding carboxylic acids is 2. The van der Waals surface area contributed by atoms with Gasteiger partial charge in [0.25, 0.3) is 0 Å². The van der Waals surface area contributed by atoms with Gasteiger partial charge in [0.05, 0.1) is 17.9 Å². The van der Waals surface area contributed by atoms with Crippen molar-refractivity contribution < 1.29 is 18.7 Å². The summed E-state index contributed by atoms with van der Waals surface area (Å²) in [5.41, 5.74) is 1.07. The van der Waals surface area contributed by atoms with Gasteiger partial charge >= 0.3 is 5.97 Å². The van der Waals surface area contributed by atoms with E-state index in [1.54, 1.807) is 18.6 Å². The molecule has 3 aliphatic rings. The van der Waals surface area contributed by atoms with Crippen LogP contribution in [0.2, 0.25) is 0 Å². The predicted octanol–water partition coefficient (Wildman–Crippen LogP) is 4.23. The summed E-state index contributed by atoms with van der Waals surface area (Å²) in [7, 11) is 0. The molecule has 0 amide bonds. The van der Waals surface area contributed by atoms with Gasteiger partial charge in [-0.1, -0.05) is 25.8 Å². The van der Waals surface area contributed by atoms with E-state index in [9.17, 15) is 9.59 Å². The van der Waals surface area contributed by atoms with E-state index in [0.29, 0.717) is 0 Å². The van der Waals surface area contributed by atoms with Crippen LogP contribution in [0.1, 0.15) is 58.1 Å². The maximum atomic E-state index is 13.2.